The summed E-state index contributed by atoms with van der Waals surface area (Å²) in [6.45, 7) is 5.93. The highest BCUT2D eigenvalue weighted by Gasteiger charge is 2.00. The maximum atomic E-state index is 10.8. The van der Waals surface area contributed by atoms with E-state index in [0.717, 1.165) is 18.2 Å². The predicted molar refractivity (Wildman–Crippen MR) is 69.4 cm³/mol. The molecule has 0 spiro atoms. The second-order valence-corrected chi connectivity index (χ2v) is 7.66. The molecule has 0 aliphatic heterocycles. The lowest BCUT2D eigenvalue weighted by Crippen LogP contribution is -2.24. The highest BCUT2D eigenvalue weighted by molar-refractivity contribution is 7.99. The molecule has 0 atom stereocenters. The van der Waals surface area contributed by atoms with Gasteiger partial charge in [-0.15, -0.1) is 0 Å². The van der Waals surface area contributed by atoms with Crippen LogP contribution in [0.4, 0.5) is 0 Å². The van der Waals surface area contributed by atoms with Gasteiger partial charge < -0.3 is 5.32 Å². The van der Waals surface area contributed by atoms with Gasteiger partial charge in [-0.2, -0.15) is 11.8 Å². The van der Waals surface area contributed by atoms with E-state index in [1.807, 2.05) is 11.8 Å². The third-order valence-electron chi connectivity index (χ3n) is 1.91. The van der Waals surface area contributed by atoms with Gasteiger partial charge in [-0.05, 0) is 18.1 Å². The zero-order valence-corrected chi connectivity index (χ0v) is 11.6. The fourth-order valence-corrected chi connectivity index (χ4v) is 2.59. The molecule has 0 aromatic carbocycles. The normalized spacial score (nSPS) is 12.3. The first kappa shape index (κ1) is 15.3. The van der Waals surface area contributed by atoms with Crippen LogP contribution in [0.5, 0.6) is 0 Å². The van der Waals surface area contributed by atoms with Crippen molar-refractivity contribution in [1.29, 1.82) is 0 Å². The maximum Gasteiger partial charge on any atom is 0.148 e. The number of hydrogen-bond donors (Lipinski definition) is 1. The zero-order valence-electron chi connectivity index (χ0n) is 9.95. The van der Waals surface area contributed by atoms with Gasteiger partial charge in [0.05, 0.1) is 5.75 Å². The molecule has 0 aliphatic rings. The average molecular weight is 253 g/mol. The summed E-state index contributed by atoms with van der Waals surface area (Å²) in [6, 6.07) is 0. The predicted octanol–water partition coefficient (Wildman–Crippen LogP) is 1.40. The standard InChI is InChI=1S/C10H23NO2S2/c1-10(2)4-7-14-8-5-11-6-9-15(3,12)13/h10-11H,4-9H2,1-3H3. The van der Waals surface area contributed by atoms with E-state index in [2.05, 4.69) is 19.2 Å². The van der Waals surface area contributed by atoms with Gasteiger partial charge in [0.25, 0.3) is 0 Å². The van der Waals surface area contributed by atoms with Crippen molar-refractivity contribution in [1.82, 2.24) is 5.32 Å². The van der Waals surface area contributed by atoms with E-state index in [1.54, 1.807) is 0 Å². The molecule has 0 saturated carbocycles. The lowest BCUT2D eigenvalue weighted by atomic mass is 10.2. The molecule has 0 radical (unpaired) electrons. The molecule has 0 saturated heterocycles. The summed E-state index contributed by atoms with van der Waals surface area (Å²) in [5, 5.41) is 3.13. The Morgan fingerprint density at radius 3 is 2.40 bits per heavy atom. The summed E-state index contributed by atoms with van der Waals surface area (Å²) >= 11 is 1.93. The van der Waals surface area contributed by atoms with Gasteiger partial charge in [-0.3, -0.25) is 0 Å². The molecule has 0 aromatic heterocycles. The number of thioether (sulfide) groups is 1. The van der Waals surface area contributed by atoms with Crippen molar-refractivity contribution >= 4 is 21.6 Å². The van der Waals surface area contributed by atoms with Crippen LogP contribution >= 0.6 is 11.8 Å². The third-order valence-corrected chi connectivity index (χ3v) is 3.88. The number of rotatable bonds is 9. The van der Waals surface area contributed by atoms with Crippen LogP contribution in [0, 0.1) is 5.92 Å². The average Bonchev–Trinajstić information content (AvgIpc) is 2.07. The molecule has 0 aromatic rings. The molecular formula is C10H23NO2S2. The summed E-state index contributed by atoms with van der Waals surface area (Å²) in [5.74, 6) is 3.28. The molecule has 3 nitrogen and oxygen atoms in total. The first-order valence-electron chi connectivity index (χ1n) is 5.38. The Balaban J connectivity index is 3.12. The number of hydrogen-bond acceptors (Lipinski definition) is 4. The van der Waals surface area contributed by atoms with Gasteiger partial charge in [0, 0.05) is 25.1 Å². The van der Waals surface area contributed by atoms with E-state index in [9.17, 15) is 8.42 Å². The van der Waals surface area contributed by atoms with E-state index in [1.165, 1.54) is 18.4 Å². The second-order valence-electron chi connectivity index (χ2n) is 4.17. The third kappa shape index (κ3) is 14.3. The van der Waals surface area contributed by atoms with Gasteiger partial charge in [0.15, 0.2) is 0 Å². The summed E-state index contributed by atoms with van der Waals surface area (Å²) in [5.41, 5.74) is 0. The largest absolute Gasteiger partial charge is 0.315 e. The fourth-order valence-electron chi connectivity index (χ4n) is 0.948. The molecular weight excluding hydrogens is 230 g/mol. The van der Waals surface area contributed by atoms with Crippen molar-refractivity contribution in [2.75, 3.05) is 36.6 Å². The van der Waals surface area contributed by atoms with Crippen LogP contribution in [0.1, 0.15) is 20.3 Å². The van der Waals surface area contributed by atoms with Gasteiger partial charge >= 0.3 is 0 Å². The smallest absolute Gasteiger partial charge is 0.148 e. The Kier molecular flexibility index (Phi) is 8.56. The van der Waals surface area contributed by atoms with E-state index in [-0.39, 0.29) is 5.75 Å². The molecule has 0 rings (SSSR count). The summed E-state index contributed by atoms with van der Waals surface area (Å²) in [4.78, 5) is 0. The Morgan fingerprint density at radius 2 is 1.87 bits per heavy atom. The van der Waals surface area contributed by atoms with Gasteiger partial charge in [0.1, 0.15) is 9.84 Å². The van der Waals surface area contributed by atoms with Crippen LogP contribution in [0.2, 0.25) is 0 Å². The summed E-state index contributed by atoms with van der Waals surface area (Å²) in [6.07, 6.45) is 2.53. The maximum absolute atomic E-state index is 10.8. The topological polar surface area (TPSA) is 46.2 Å². The monoisotopic (exact) mass is 253 g/mol. The first-order valence-corrected chi connectivity index (χ1v) is 8.59. The molecule has 0 bridgehead atoms. The SMILES string of the molecule is CC(C)CCSCCNCCS(C)(=O)=O. The van der Waals surface area contributed by atoms with Gasteiger partial charge in [-0.1, -0.05) is 13.8 Å². The van der Waals surface area contributed by atoms with Crippen molar-refractivity contribution in [3.05, 3.63) is 0 Å². The van der Waals surface area contributed by atoms with Crippen LogP contribution in [0.25, 0.3) is 0 Å². The van der Waals surface area contributed by atoms with Crippen molar-refractivity contribution in [2.45, 2.75) is 20.3 Å². The van der Waals surface area contributed by atoms with Crippen LogP contribution in [0.15, 0.2) is 0 Å². The molecule has 0 unspecified atom stereocenters. The molecule has 0 amide bonds. The summed E-state index contributed by atoms with van der Waals surface area (Å²) < 4.78 is 21.6. The molecule has 15 heavy (non-hydrogen) atoms. The molecule has 0 aliphatic carbocycles. The van der Waals surface area contributed by atoms with Crippen molar-refractivity contribution in [3.8, 4) is 0 Å². The van der Waals surface area contributed by atoms with Crippen molar-refractivity contribution in [2.24, 2.45) is 5.92 Å². The number of sulfone groups is 1. The minimum Gasteiger partial charge on any atom is -0.315 e. The van der Waals surface area contributed by atoms with Crippen LogP contribution in [-0.4, -0.2) is 45.0 Å². The minimum atomic E-state index is -2.80. The lowest BCUT2D eigenvalue weighted by molar-refractivity contribution is 0.598. The minimum absolute atomic E-state index is 0.240. The van der Waals surface area contributed by atoms with E-state index in [4.69, 9.17) is 0 Å². The van der Waals surface area contributed by atoms with Gasteiger partial charge in [0.2, 0.25) is 0 Å². The Labute approximate surface area is 98.3 Å². The number of nitrogens with one attached hydrogen (secondary N) is 1. The molecule has 5 heteroatoms. The van der Waals surface area contributed by atoms with Crippen molar-refractivity contribution in [3.63, 3.8) is 0 Å². The van der Waals surface area contributed by atoms with Gasteiger partial charge in [-0.25, -0.2) is 8.42 Å². The molecule has 1 N–H and O–H groups in total. The highest BCUT2D eigenvalue weighted by Crippen LogP contribution is 2.07. The van der Waals surface area contributed by atoms with E-state index >= 15 is 0 Å². The summed E-state index contributed by atoms with van der Waals surface area (Å²) in [7, 11) is -2.80. The van der Waals surface area contributed by atoms with Crippen molar-refractivity contribution < 1.29 is 8.42 Å². The Morgan fingerprint density at radius 1 is 1.20 bits per heavy atom. The van der Waals surface area contributed by atoms with E-state index in [0.29, 0.717) is 6.54 Å². The van der Waals surface area contributed by atoms with Crippen LogP contribution < -0.4 is 5.32 Å². The van der Waals surface area contributed by atoms with Crippen LogP contribution in [0.3, 0.4) is 0 Å². The Hall–Kier alpha value is 0.260. The second kappa shape index (κ2) is 8.42. The van der Waals surface area contributed by atoms with Crippen LogP contribution in [-0.2, 0) is 9.84 Å². The van der Waals surface area contributed by atoms with E-state index < -0.39 is 9.84 Å². The fraction of sp³-hybridized carbons (Fsp3) is 1.00. The molecule has 92 valence electrons. The Bertz CT molecular complexity index is 238. The quantitative estimate of drug-likeness (QED) is 0.631. The lowest BCUT2D eigenvalue weighted by Gasteiger charge is -2.05. The molecule has 0 fully saturated rings. The zero-order chi connectivity index (χ0) is 11.7. The first-order chi connectivity index (χ1) is 6.92. The highest BCUT2D eigenvalue weighted by atomic mass is 32.2. The molecule has 0 heterocycles.